The number of fused-ring (bicyclic) bond motifs is 1. The Morgan fingerprint density at radius 3 is 2.96 bits per heavy atom. The van der Waals surface area contributed by atoms with Gasteiger partial charge in [0.05, 0.1) is 24.7 Å². The molecule has 1 aromatic rings. The van der Waals surface area contributed by atoms with E-state index in [1.54, 1.807) is 18.4 Å². The van der Waals surface area contributed by atoms with E-state index in [0.717, 1.165) is 29.7 Å². The number of rotatable bonds is 5. The fourth-order valence-corrected chi connectivity index (χ4v) is 4.37. The van der Waals surface area contributed by atoms with E-state index in [-0.39, 0.29) is 17.7 Å². The number of methoxy groups -OCH3 is 1. The predicted octanol–water partition coefficient (Wildman–Crippen LogP) is 1.09. The number of hydrogen-bond acceptors (Lipinski definition) is 5. The molecule has 0 radical (unpaired) electrons. The van der Waals surface area contributed by atoms with Gasteiger partial charge < -0.3 is 19.7 Å². The SMILES string of the molecule is COCCNC(=O)C1CCc2sc(C(=O)N3CCOCC3)cc2C1. The van der Waals surface area contributed by atoms with Gasteiger partial charge >= 0.3 is 0 Å². The fraction of sp³-hybridized carbons (Fsp3) is 0.647. The first kappa shape index (κ1) is 17.4. The second-order valence-electron chi connectivity index (χ2n) is 6.19. The Morgan fingerprint density at radius 1 is 1.42 bits per heavy atom. The number of ether oxygens (including phenoxy) is 2. The Hall–Kier alpha value is -1.44. The summed E-state index contributed by atoms with van der Waals surface area (Å²) in [6, 6.07) is 1.99. The molecule has 1 aromatic heterocycles. The molecule has 6 nitrogen and oxygen atoms in total. The number of morpholine rings is 1. The largest absolute Gasteiger partial charge is 0.383 e. The van der Waals surface area contributed by atoms with Gasteiger partial charge in [0.1, 0.15) is 0 Å². The highest BCUT2D eigenvalue weighted by atomic mass is 32.1. The van der Waals surface area contributed by atoms with E-state index in [9.17, 15) is 9.59 Å². The van der Waals surface area contributed by atoms with Crippen LogP contribution in [0.3, 0.4) is 0 Å². The maximum Gasteiger partial charge on any atom is 0.264 e. The first-order chi connectivity index (χ1) is 11.7. The molecule has 2 heterocycles. The zero-order chi connectivity index (χ0) is 16.9. The van der Waals surface area contributed by atoms with Gasteiger partial charge in [0.2, 0.25) is 5.91 Å². The van der Waals surface area contributed by atoms with Gasteiger partial charge in [-0.15, -0.1) is 11.3 Å². The minimum atomic E-state index is -0.00436. The number of aryl methyl sites for hydroxylation is 1. The summed E-state index contributed by atoms with van der Waals surface area (Å²) in [4.78, 5) is 28.7. The summed E-state index contributed by atoms with van der Waals surface area (Å²) in [6.07, 6.45) is 2.44. The van der Waals surface area contributed by atoms with Crippen LogP contribution in [0.5, 0.6) is 0 Å². The average Bonchev–Trinajstić information content (AvgIpc) is 3.05. The van der Waals surface area contributed by atoms with Crippen molar-refractivity contribution in [3.63, 3.8) is 0 Å². The molecule has 1 aliphatic carbocycles. The van der Waals surface area contributed by atoms with Crippen LogP contribution >= 0.6 is 11.3 Å². The molecule has 1 unspecified atom stereocenters. The van der Waals surface area contributed by atoms with Crippen molar-refractivity contribution in [1.82, 2.24) is 10.2 Å². The molecule has 132 valence electrons. The molecule has 2 amide bonds. The standard InChI is InChI=1S/C17H24N2O4S/c1-22-7-4-18-16(20)12-2-3-14-13(10-12)11-15(24-14)17(21)19-5-8-23-9-6-19/h11-12H,2-10H2,1H3,(H,18,20). The van der Waals surface area contributed by atoms with Crippen molar-refractivity contribution in [3.8, 4) is 0 Å². The zero-order valence-electron chi connectivity index (χ0n) is 14.0. The van der Waals surface area contributed by atoms with Gasteiger partial charge in [-0.1, -0.05) is 0 Å². The Bertz CT molecular complexity index is 595. The van der Waals surface area contributed by atoms with Crippen molar-refractivity contribution in [1.29, 1.82) is 0 Å². The molecule has 1 atom stereocenters. The number of nitrogens with zero attached hydrogens (tertiary/aromatic N) is 1. The molecule has 1 saturated heterocycles. The van der Waals surface area contributed by atoms with Crippen LogP contribution in [0.4, 0.5) is 0 Å². The van der Waals surface area contributed by atoms with E-state index < -0.39 is 0 Å². The molecule has 0 saturated carbocycles. The lowest BCUT2D eigenvalue weighted by atomic mass is 9.88. The number of nitrogens with one attached hydrogen (secondary N) is 1. The molecule has 7 heteroatoms. The third kappa shape index (κ3) is 3.96. The Balaban J connectivity index is 1.62. The lowest BCUT2D eigenvalue weighted by Crippen LogP contribution is -2.40. The van der Waals surface area contributed by atoms with Gasteiger partial charge in [-0.2, -0.15) is 0 Å². The topological polar surface area (TPSA) is 67.9 Å². The minimum absolute atomic E-state index is 0.00436. The monoisotopic (exact) mass is 352 g/mol. The number of carbonyl (C=O) groups excluding carboxylic acids is 2. The van der Waals surface area contributed by atoms with Crippen molar-refractivity contribution in [2.75, 3.05) is 46.6 Å². The van der Waals surface area contributed by atoms with Gasteiger partial charge in [0.25, 0.3) is 5.91 Å². The summed E-state index contributed by atoms with van der Waals surface area (Å²) >= 11 is 1.59. The highest BCUT2D eigenvalue weighted by Gasteiger charge is 2.28. The van der Waals surface area contributed by atoms with Crippen LogP contribution in [0.15, 0.2) is 6.07 Å². The van der Waals surface area contributed by atoms with E-state index in [0.29, 0.717) is 39.5 Å². The van der Waals surface area contributed by atoms with Crippen molar-refractivity contribution in [2.24, 2.45) is 5.92 Å². The van der Waals surface area contributed by atoms with Crippen LogP contribution < -0.4 is 5.32 Å². The quantitative estimate of drug-likeness (QED) is 0.806. The lowest BCUT2D eigenvalue weighted by molar-refractivity contribution is -0.125. The van der Waals surface area contributed by atoms with Crippen LogP contribution in [0, 0.1) is 5.92 Å². The summed E-state index contributed by atoms with van der Waals surface area (Å²) < 4.78 is 10.3. The summed E-state index contributed by atoms with van der Waals surface area (Å²) in [5.74, 6) is 0.180. The average molecular weight is 352 g/mol. The van der Waals surface area contributed by atoms with Gasteiger partial charge in [0.15, 0.2) is 0 Å². The number of amides is 2. The van der Waals surface area contributed by atoms with Gasteiger partial charge in [-0.25, -0.2) is 0 Å². The second-order valence-corrected chi connectivity index (χ2v) is 7.32. The number of thiophene rings is 1. The van der Waals surface area contributed by atoms with E-state index in [2.05, 4.69) is 5.32 Å². The Morgan fingerprint density at radius 2 is 2.21 bits per heavy atom. The molecule has 2 aliphatic rings. The summed E-state index contributed by atoms with van der Waals surface area (Å²) in [7, 11) is 1.62. The zero-order valence-corrected chi connectivity index (χ0v) is 14.8. The predicted molar refractivity (Wildman–Crippen MR) is 91.4 cm³/mol. The van der Waals surface area contributed by atoms with Crippen LogP contribution in [0.1, 0.15) is 26.5 Å². The maximum absolute atomic E-state index is 12.6. The van der Waals surface area contributed by atoms with Crippen molar-refractivity contribution in [3.05, 3.63) is 21.4 Å². The maximum atomic E-state index is 12.6. The summed E-state index contributed by atoms with van der Waals surface area (Å²) in [5.41, 5.74) is 1.16. The van der Waals surface area contributed by atoms with Crippen LogP contribution in [0.25, 0.3) is 0 Å². The molecular formula is C17H24N2O4S. The van der Waals surface area contributed by atoms with Crippen molar-refractivity contribution in [2.45, 2.75) is 19.3 Å². The third-order valence-electron chi connectivity index (χ3n) is 4.57. The van der Waals surface area contributed by atoms with E-state index in [1.807, 2.05) is 11.0 Å². The summed E-state index contributed by atoms with van der Waals surface area (Å²) in [6.45, 7) is 3.61. The van der Waals surface area contributed by atoms with Gasteiger partial charge in [-0.05, 0) is 30.9 Å². The molecule has 1 fully saturated rings. The van der Waals surface area contributed by atoms with Crippen LogP contribution in [-0.4, -0.2) is 63.3 Å². The van der Waals surface area contributed by atoms with Gasteiger partial charge in [0, 0.05) is 37.5 Å². The van der Waals surface area contributed by atoms with Crippen LogP contribution in [-0.2, 0) is 27.1 Å². The molecule has 24 heavy (non-hydrogen) atoms. The van der Waals surface area contributed by atoms with E-state index in [1.165, 1.54) is 4.88 Å². The van der Waals surface area contributed by atoms with E-state index in [4.69, 9.17) is 9.47 Å². The molecule has 0 aromatic carbocycles. The van der Waals surface area contributed by atoms with Gasteiger partial charge in [-0.3, -0.25) is 9.59 Å². The van der Waals surface area contributed by atoms with E-state index >= 15 is 0 Å². The van der Waals surface area contributed by atoms with Crippen molar-refractivity contribution < 1.29 is 19.1 Å². The van der Waals surface area contributed by atoms with Crippen molar-refractivity contribution >= 4 is 23.2 Å². The molecule has 0 bridgehead atoms. The highest BCUT2D eigenvalue weighted by Crippen LogP contribution is 2.33. The molecule has 0 spiro atoms. The molecule has 3 rings (SSSR count). The normalized spacial score (nSPS) is 20.5. The first-order valence-electron chi connectivity index (χ1n) is 8.44. The highest BCUT2D eigenvalue weighted by molar-refractivity contribution is 7.14. The molecule has 1 N–H and O–H groups in total. The minimum Gasteiger partial charge on any atom is -0.383 e. The third-order valence-corrected chi connectivity index (χ3v) is 5.79. The first-order valence-corrected chi connectivity index (χ1v) is 9.26. The Labute approximate surface area is 146 Å². The molecule has 1 aliphatic heterocycles. The summed E-state index contributed by atoms with van der Waals surface area (Å²) in [5, 5.41) is 2.92. The lowest BCUT2D eigenvalue weighted by Gasteiger charge is -2.26. The molecular weight excluding hydrogens is 328 g/mol. The fourth-order valence-electron chi connectivity index (χ4n) is 3.20. The van der Waals surface area contributed by atoms with Crippen LogP contribution in [0.2, 0.25) is 0 Å². The number of hydrogen-bond donors (Lipinski definition) is 1. The number of carbonyl (C=O) groups is 2. The Kier molecular flexibility index (Phi) is 5.86. The smallest absolute Gasteiger partial charge is 0.264 e. The second kappa shape index (κ2) is 8.09.